The highest BCUT2D eigenvalue weighted by Crippen LogP contribution is 2.38. The molecule has 0 heterocycles. The monoisotopic (exact) mass is 728 g/mol. The summed E-state index contributed by atoms with van der Waals surface area (Å²) in [5.41, 5.74) is 1.67. The third-order valence-corrected chi connectivity index (χ3v) is 6.67. The van der Waals surface area contributed by atoms with E-state index in [1.54, 1.807) is 12.1 Å². The molecule has 0 aliphatic carbocycles. The molecular weight excluding hydrogens is 691 g/mol. The number of carbonyl (C=O) groups is 4. The van der Waals surface area contributed by atoms with Crippen molar-refractivity contribution in [1.29, 1.82) is 0 Å². The average molecular weight is 729 g/mol. The van der Waals surface area contributed by atoms with Crippen LogP contribution in [0.3, 0.4) is 0 Å². The van der Waals surface area contributed by atoms with Gasteiger partial charge in [0.05, 0.1) is 24.4 Å². The van der Waals surface area contributed by atoms with Crippen molar-refractivity contribution in [3.8, 4) is 45.3 Å². The van der Waals surface area contributed by atoms with Crippen LogP contribution in [0.25, 0.3) is 22.3 Å². The van der Waals surface area contributed by atoms with Crippen LogP contribution < -0.4 is 18.9 Å². The van der Waals surface area contributed by atoms with E-state index >= 15 is 4.39 Å². The first-order chi connectivity index (χ1) is 25.2. The Balaban J connectivity index is 1.96. The van der Waals surface area contributed by atoms with Crippen LogP contribution >= 0.6 is 0 Å². The Morgan fingerprint density at radius 3 is 1.42 bits per heavy atom. The van der Waals surface area contributed by atoms with Crippen LogP contribution in [-0.2, 0) is 38.1 Å². The minimum Gasteiger partial charge on any atom is -0.458 e. The van der Waals surface area contributed by atoms with Gasteiger partial charge in [0.25, 0.3) is 0 Å². The molecule has 13 heteroatoms. The number of halogens is 1. The fourth-order valence-corrected chi connectivity index (χ4v) is 4.04. The molecule has 0 aliphatic rings. The van der Waals surface area contributed by atoms with E-state index < -0.39 is 29.7 Å². The smallest absolute Gasteiger partial charge is 0.341 e. The van der Waals surface area contributed by atoms with Crippen molar-refractivity contribution in [1.82, 2.24) is 0 Å². The fourth-order valence-electron chi connectivity index (χ4n) is 4.04. The summed E-state index contributed by atoms with van der Waals surface area (Å²) in [6, 6.07) is 13.2. The van der Waals surface area contributed by atoms with Gasteiger partial charge in [-0.15, -0.1) is 0 Å². The molecule has 3 aromatic rings. The second kappa shape index (κ2) is 19.7. The van der Waals surface area contributed by atoms with E-state index in [9.17, 15) is 19.2 Å². The van der Waals surface area contributed by atoms with Gasteiger partial charge < -0.3 is 37.9 Å². The number of methoxy groups -OCH3 is 2. The van der Waals surface area contributed by atoms with Crippen molar-refractivity contribution in [3.05, 3.63) is 134 Å². The Kier molecular flexibility index (Phi) is 15.2. The molecular formula is C40H37FO12. The Hall–Kier alpha value is -6.57. The average Bonchev–Trinajstić information content (AvgIpc) is 3.12. The zero-order chi connectivity index (χ0) is 39.1. The Morgan fingerprint density at radius 2 is 0.981 bits per heavy atom. The maximum Gasteiger partial charge on any atom is 0.341 e. The zero-order valence-corrected chi connectivity index (χ0v) is 29.5. The summed E-state index contributed by atoms with van der Waals surface area (Å²) in [6.07, 6.45) is 4.10. The van der Waals surface area contributed by atoms with Crippen molar-refractivity contribution in [2.45, 2.75) is 13.8 Å². The first kappa shape index (κ1) is 40.9. The van der Waals surface area contributed by atoms with Crippen molar-refractivity contribution in [3.63, 3.8) is 0 Å². The lowest BCUT2D eigenvalue weighted by Gasteiger charge is -2.14. The number of rotatable bonds is 18. The summed E-state index contributed by atoms with van der Waals surface area (Å²) in [5, 5.41) is 0. The van der Waals surface area contributed by atoms with E-state index in [4.69, 9.17) is 37.9 Å². The van der Waals surface area contributed by atoms with Crippen LogP contribution in [0.15, 0.2) is 128 Å². The highest BCUT2D eigenvalue weighted by atomic mass is 19.1. The molecule has 12 nitrogen and oxygen atoms in total. The lowest BCUT2D eigenvalue weighted by atomic mass is 9.99. The summed E-state index contributed by atoms with van der Waals surface area (Å²) in [7, 11) is 2.78. The Labute approximate surface area is 305 Å². The molecule has 0 unspecified atom stereocenters. The molecule has 0 radical (unpaired) electrons. The van der Waals surface area contributed by atoms with Crippen molar-refractivity contribution in [2.75, 3.05) is 27.4 Å². The lowest BCUT2D eigenvalue weighted by molar-refractivity contribution is -0.134. The summed E-state index contributed by atoms with van der Waals surface area (Å²) in [6.45, 7) is 17.0. The molecule has 0 spiro atoms. The van der Waals surface area contributed by atoms with Gasteiger partial charge in [-0.3, -0.25) is 0 Å². The second-order valence-electron chi connectivity index (χ2n) is 11.0. The number of hydrogen-bond acceptors (Lipinski definition) is 12. The van der Waals surface area contributed by atoms with Crippen molar-refractivity contribution in [2.24, 2.45) is 0 Å². The van der Waals surface area contributed by atoms with Gasteiger partial charge in [0, 0.05) is 30.9 Å². The molecule has 0 amide bonds. The van der Waals surface area contributed by atoms with Crippen LogP contribution in [-0.4, -0.2) is 51.3 Å². The van der Waals surface area contributed by atoms with Gasteiger partial charge in [-0.05, 0) is 60.9 Å². The Morgan fingerprint density at radius 1 is 0.566 bits per heavy atom. The van der Waals surface area contributed by atoms with E-state index in [-0.39, 0.29) is 64.1 Å². The van der Waals surface area contributed by atoms with Crippen LogP contribution in [0.2, 0.25) is 0 Å². The summed E-state index contributed by atoms with van der Waals surface area (Å²) in [5.74, 6) is -3.66. The third-order valence-electron chi connectivity index (χ3n) is 6.67. The van der Waals surface area contributed by atoms with Gasteiger partial charge in [0.15, 0.2) is 23.0 Å². The molecule has 0 bridgehead atoms. The summed E-state index contributed by atoms with van der Waals surface area (Å²) >= 11 is 0. The van der Waals surface area contributed by atoms with E-state index in [1.165, 1.54) is 70.5 Å². The standard InChI is InChI=1S/C40H37FO12/c1-24(2)37(42)50-17-15-48-33-13-10-29(20-35(33)52-39(44)26(5)22-46-7)28-9-12-31(32(41)19-28)30-11-14-34(49-16-18-51-38(43)25(3)4)36(21-30)53-40(45)27(6)23-47-8/h9-21H,1,3,5-6,22-23H2,2,4,7-8H3/b17-15-,18-16-. The Bertz CT molecular complexity index is 1990. The molecule has 3 aromatic carbocycles. The molecule has 276 valence electrons. The number of carbonyl (C=O) groups excluding carboxylic acids is 4. The first-order valence-corrected chi connectivity index (χ1v) is 15.5. The normalized spacial score (nSPS) is 10.7. The molecule has 0 aliphatic heterocycles. The van der Waals surface area contributed by atoms with E-state index in [0.29, 0.717) is 16.7 Å². The molecule has 0 saturated carbocycles. The van der Waals surface area contributed by atoms with Crippen LogP contribution in [0, 0.1) is 5.82 Å². The second-order valence-corrected chi connectivity index (χ2v) is 11.0. The van der Waals surface area contributed by atoms with Gasteiger partial charge in [-0.2, -0.15) is 0 Å². The van der Waals surface area contributed by atoms with Crippen molar-refractivity contribution >= 4 is 23.9 Å². The van der Waals surface area contributed by atoms with Gasteiger partial charge in [-0.1, -0.05) is 50.6 Å². The van der Waals surface area contributed by atoms with Crippen molar-refractivity contribution < 1.29 is 61.5 Å². The van der Waals surface area contributed by atoms with Gasteiger partial charge >= 0.3 is 23.9 Å². The van der Waals surface area contributed by atoms with Gasteiger partial charge in [0.1, 0.15) is 30.9 Å². The number of ether oxygens (including phenoxy) is 8. The first-order valence-electron chi connectivity index (χ1n) is 15.5. The molecule has 0 atom stereocenters. The molecule has 0 aromatic heterocycles. The molecule has 3 rings (SSSR count). The predicted molar refractivity (Wildman–Crippen MR) is 192 cm³/mol. The number of esters is 4. The topological polar surface area (TPSA) is 142 Å². The maximum atomic E-state index is 15.8. The maximum absolute atomic E-state index is 15.8. The lowest BCUT2D eigenvalue weighted by Crippen LogP contribution is -2.14. The van der Waals surface area contributed by atoms with E-state index in [2.05, 4.69) is 26.3 Å². The van der Waals surface area contributed by atoms with E-state index in [1.807, 2.05) is 0 Å². The predicted octanol–water partition coefficient (Wildman–Crippen LogP) is 7.31. The minimum absolute atomic E-state index is 0.0111. The highest BCUT2D eigenvalue weighted by Gasteiger charge is 2.19. The zero-order valence-electron chi connectivity index (χ0n) is 29.5. The largest absolute Gasteiger partial charge is 0.458 e. The minimum atomic E-state index is -0.819. The van der Waals surface area contributed by atoms with Crippen LogP contribution in [0.5, 0.6) is 23.0 Å². The number of hydrogen-bond donors (Lipinski definition) is 0. The van der Waals surface area contributed by atoms with Crippen LogP contribution in [0.4, 0.5) is 4.39 Å². The quantitative estimate of drug-likeness (QED) is 0.0561. The molecule has 0 fully saturated rings. The molecule has 0 N–H and O–H groups in total. The highest BCUT2D eigenvalue weighted by molar-refractivity contribution is 5.91. The number of benzene rings is 3. The van der Waals surface area contributed by atoms with E-state index in [0.717, 1.165) is 25.0 Å². The SMILES string of the molecule is C=C(C)C(=O)O/C=C\Oc1ccc(-c2ccc(-c3ccc(O/C=C\OC(=O)C(=C)C)c(OC(=O)C(=C)COC)c3)c(F)c2)cc1OC(=O)C(=C)COC. The molecule has 0 saturated heterocycles. The van der Waals surface area contributed by atoms with Gasteiger partial charge in [-0.25, -0.2) is 23.6 Å². The van der Waals surface area contributed by atoms with Crippen LogP contribution in [0.1, 0.15) is 13.8 Å². The summed E-state index contributed by atoms with van der Waals surface area (Å²) < 4.78 is 57.5. The molecule has 53 heavy (non-hydrogen) atoms. The fraction of sp³-hybridized carbons (Fsp3) is 0.150. The summed E-state index contributed by atoms with van der Waals surface area (Å²) in [4.78, 5) is 48.6. The van der Waals surface area contributed by atoms with Gasteiger partial charge in [0.2, 0.25) is 0 Å². The third kappa shape index (κ3) is 12.0.